The molecule has 0 atom stereocenters. The fourth-order valence-electron chi connectivity index (χ4n) is 9.61. The number of hydrogen-bond donors (Lipinski definition) is 0. The lowest BCUT2D eigenvalue weighted by Crippen LogP contribution is -2.19. The standard InChI is InChI=1S/C57H51N3/c1-57(2,44-32-38-50(39-33-44)58(46-20-9-4-10-21-46)49-36-30-43(31-37-49)42-18-7-3-8-19-42)45-34-40-51(41-35-45)59(47-22-11-5-12-23-47)55-29-17-27-53-52-26-15-16-28-54(52)60(56(53)55)48-24-13-6-14-25-48/h4-6,9-17,20-42H,3,7-8,18-19H2,1-2H3. The number of anilines is 6. The number of nitrogens with zero attached hydrogens (tertiary/aromatic N) is 3. The van der Waals surface area contributed by atoms with Crippen LogP contribution in [0.15, 0.2) is 206 Å². The SMILES string of the molecule is CC(C)(c1ccc(N(c2ccccc2)c2ccc(C3CCCCC3)cc2)cc1)c1ccc(N(c2ccccc2)c2cccc3c4ccccc4n(-c4ccccc4)c23)cc1. The van der Waals surface area contributed by atoms with Gasteiger partial charge in [0.1, 0.15) is 0 Å². The Hall–Kier alpha value is -6.84. The van der Waals surface area contributed by atoms with Gasteiger partial charge in [0.2, 0.25) is 0 Å². The normalized spacial score (nSPS) is 13.4. The van der Waals surface area contributed by atoms with Crippen molar-refractivity contribution in [2.75, 3.05) is 9.80 Å². The second kappa shape index (κ2) is 16.1. The molecule has 0 radical (unpaired) electrons. The van der Waals surface area contributed by atoms with Crippen molar-refractivity contribution in [3.05, 3.63) is 223 Å². The zero-order valence-electron chi connectivity index (χ0n) is 34.6. The fourth-order valence-corrected chi connectivity index (χ4v) is 9.61. The van der Waals surface area contributed by atoms with Gasteiger partial charge in [-0.25, -0.2) is 0 Å². The molecule has 0 amide bonds. The van der Waals surface area contributed by atoms with E-state index in [1.54, 1.807) is 0 Å². The summed E-state index contributed by atoms with van der Waals surface area (Å²) in [6.07, 6.45) is 6.69. The molecule has 3 heteroatoms. The Morgan fingerprint density at radius 2 is 0.883 bits per heavy atom. The van der Waals surface area contributed by atoms with Gasteiger partial charge in [-0.2, -0.15) is 0 Å². The van der Waals surface area contributed by atoms with Crippen LogP contribution in [-0.4, -0.2) is 4.57 Å². The van der Waals surface area contributed by atoms with Crippen molar-refractivity contribution in [2.24, 2.45) is 0 Å². The van der Waals surface area contributed by atoms with E-state index in [2.05, 4.69) is 234 Å². The summed E-state index contributed by atoms with van der Waals surface area (Å²) < 4.78 is 2.42. The van der Waals surface area contributed by atoms with Crippen molar-refractivity contribution in [2.45, 2.75) is 57.3 Å². The summed E-state index contributed by atoms with van der Waals surface area (Å²) >= 11 is 0. The van der Waals surface area contributed by atoms with Crippen LogP contribution < -0.4 is 9.80 Å². The summed E-state index contributed by atoms with van der Waals surface area (Å²) in [6, 6.07) is 75.5. The molecule has 0 bridgehead atoms. The van der Waals surface area contributed by atoms with E-state index < -0.39 is 0 Å². The largest absolute Gasteiger partial charge is 0.311 e. The molecule has 0 spiro atoms. The molecular formula is C57H51N3. The Morgan fingerprint density at radius 3 is 1.48 bits per heavy atom. The molecular weight excluding hydrogens is 727 g/mol. The smallest absolute Gasteiger partial charge is 0.0782 e. The van der Waals surface area contributed by atoms with Gasteiger partial charge in [-0.3, -0.25) is 0 Å². The third kappa shape index (κ3) is 6.94. The molecule has 0 unspecified atom stereocenters. The summed E-state index contributed by atoms with van der Waals surface area (Å²) in [5.74, 6) is 0.692. The quantitative estimate of drug-likeness (QED) is 0.137. The Labute approximate surface area is 354 Å². The van der Waals surface area contributed by atoms with Gasteiger partial charge < -0.3 is 14.4 Å². The van der Waals surface area contributed by atoms with E-state index in [1.165, 1.54) is 76.3 Å². The minimum Gasteiger partial charge on any atom is -0.311 e. The van der Waals surface area contributed by atoms with Crippen molar-refractivity contribution in [3.8, 4) is 5.69 Å². The predicted molar refractivity (Wildman–Crippen MR) is 255 cm³/mol. The average molecular weight is 778 g/mol. The highest BCUT2D eigenvalue weighted by Crippen LogP contribution is 2.45. The number of rotatable bonds is 10. The maximum Gasteiger partial charge on any atom is 0.0782 e. The fraction of sp³-hybridized carbons (Fsp3) is 0.158. The van der Waals surface area contributed by atoms with Gasteiger partial charge in [-0.1, -0.05) is 154 Å². The van der Waals surface area contributed by atoms with Gasteiger partial charge in [0.05, 0.1) is 16.7 Å². The molecule has 1 aromatic heterocycles. The van der Waals surface area contributed by atoms with Gasteiger partial charge in [0.25, 0.3) is 0 Å². The monoisotopic (exact) mass is 777 g/mol. The molecule has 1 heterocycles. The summed E-state index contributed by atoms with van der Waals surface area (Å²) in [4.78, 5) is 4.79. The van der Waals surface area contributed by atoms with E-state index in [9.17, 15) is 0 Å². The van der Waals surface area contributed by atoms with E-state index in [0.29, 0.717) is 5.92 Å². The molecule has 0 aliphatic heterocycles. The van der Waals surface area contributed by atoms with Gasteiger partial charge in [0.15, 0.2) is 0 Å². The van der Waals surface area contributed by atoms with Gasteiger partial charge in [-0.05, 0) is 120 Å². The van der Waals surface area contributed by atoms with Gasteiger partial charge in [-0.15, -0.1) is 0 Å². The minimum atomic E-state index is -0.229. The lowest BCUT2D eigenvalue weighted by molar-refractivity contribution is 0.443. The van der Waals surface area contributed by atoms with Gasteiger partial charge >= 0.3 is 0 Å². The summed E-state index contributed by atoms with van der Waals surface area (Å²) in [7, 11) is 0. The third-order valence-corrected chi connectivity index (χ3v) is 12.9. The second-order valence-electron chi connectivity index (χ2n) is 16.8. The summed E-state index contributed by atoms with van der Waals surface area (Å²) in [6.45, 7) is 4.67. The highest BCUT2D eigenvalue weighted by atomic mass is 15.2. The number of hydrogen-bond acceptors (Lipinski definition) is 2. The van der Waals surface area contributed by atoms with Crippen molar-refractivity contribution < 1.29 is 0 Å². The van der Waals surface area contributed by atoms with Crippen LogP contribution in [0.2, 0.25) is 0 Å². The van der Waals surface area contributed by atoms with Crippen LogP contribution in [0.4, 0.5) is 34.1 Å². The van der Waals surface area contributed by atoms with Crippen molar-refractivity contribution >= 4 is 55.9 Å². The molecule has 8 aromatic carbocycles. The minimum absolute atomic E-state index is 0.229. The molecule has 1 aliphatic rings. The molecule has 3 nitrogen and oxygen atoms in total. The maximum atomic E-state index is 2.42. The first kappa shape index (κ1) is 37.4. The number of aromatic nitrogens is 1. The lowest BCUT2D eigenvalue weighted by atomic mass is 9.78. The van der Waals surface area contributed by atoms with Crippen LogP contribution in [0, 0.1) is 0 Å². The zero-order chi connectivity index (χ0) is 40.5. The molecule has 0 N–H and O–H groups in total. The van der Waals surface area contributed by atoms with Crippen LogP contribution in [0.1, 0.15) is 68.6 Å². The summed E-state index contributed by atoms with van der Waals surface area (Å²) in [5.41, 5.74) is 14.2. The molecule has 10 rings (SSSR count). The van der Waals surface area contributed by atoms with Crippen molar-refractivity contribution in [3.63, 3.8) is 0 Å². The van der Waals surface area contributed by atoms with E-state index in [4.69, 9.17) is 0 Å². The van der Waals surface area contributed by atoms with E-state index in [0.717, 1.165) is 34.1 Å². The van der Waals surface area contributed by atoms with Crippen molar-refractivity contribution in [1.29, 1.82) is 0 Å². The first-order chi connectivity index (χ1) is 29.5. The Balaban J connectivity index is 0.999. The number of para-hydroxylation sites is 5. The molecule has 60 heavy (non-hydrogen) atoms. The first-order valence-electron chi connectivity index (χ1n) is 21.6. The molecule has 1 saturated carbocycles. The van der Waals surface area contributed by atoms with E-state index in [1.807, 2.05) is 0 Å². The van der Waals surface area contributed by atoms with Crippen LogP contribution in [-0.2, 0) is 5.41 Å². The molecule has 1 fully saturated rings. The van der Waals surface area contributed by atoms with Crippen LogP contribution >= 0.6 is 0 Å². The average Bonchev–Trinajstić information content (AvgIpc) is 3.66. The topological polar surface area (TPSA) is 11.4 Å². The summed E-state index contributed by atoms with van der Waals surface area (Å²) in [5, 5.41) is 2.48. The zero-order valence-corrected chi connectivity index (χ0v) is 34.6. The molecule has 0 saturated heterocycles. The highest BCUT2D eigenvalue weighted by Gasteiger charge is 2.26. The second-order valence-corrected chi connectivity index (χ2v) is 16.8. The van der Waals surface area contributed by atoms with E-state index >= 15 is 0 Å². The van der Waals surface area contributed by atoms with Crippen LogP contribution in [0.3, 0.4) is 0 Å². The Kier molecular flexibility index (Phi) is 10.0. The Morgan fingerprint density at radius 1 is 0.417 bits per heavy atom. The number of fused-ring (bicyclic) bond motifs is 3. The number of benzene rings is 8. The van der Waals surface area contributed by atoms with Crippen LogP contribution in [0.5, 0.6) is 0 Å². The maximum absolute atomic E-state index is 2.42. The Bertz CT molecular complexity index is 2830. The third-order valence-electron chi connectivity index (χ3n) is 12.9. The van der Waals surface area contributed by atoms with E-state index in [-0.39, 0.29) is 5.41 Å². The predicted octanol–water partition coefficient (Wildman–Crippen LogP) is 16.1. The highest BCUT2D eigenvalue weighted by molar-refractivity contribution is 6.14. The van der Waals surface area contributed by atoms with Crippen molar-refractivity contribution in [1.82, 2.24) is 4.57 Å². The molecule has 294 valence electrons. The molecule has 1 aliphatic carbocycles. The first-order valence-corrected chi connectivity index (χ1v) is 21.6. The molecule has 9 aromatic rings. The van der Waals surface area contributed by atoms with Crippen LogP contribution in [0.25, 0.3) is 27.5 Å². The van der Waals surface area contributed by atoms with Gasteiger partial charge in [0, 0.05) is 50.3 Å². The lowest BCUT2D eigenvalue weighted by Gasteiger charge is -2.30.